The van der Waals surface area contributed by atoms with Crippen LogP contribution in [0.5, 0.6) is 0 Å². The van der Waals surface area contributed by atoms with Gasteiger partial charge in [-0.15, -0.1) is 10.2 Å². The molecule has 0 radical (unpaired) electrons. The molecule has 7 nitrogen and oxygen atoms in total. The van der Waals surface area contributed by atoms with Crippen LogP contribution in [-0.2, 0) is 6.54 Å². The van der Waals surface area contributed by atoms with E-state index in [-0.39, 0.29) is 6.03 Å². The molecule has 1 aliphatic carbocycles. The number of hydrogen-bond acceptors (Lipinski definition) is 6. The van der Waals surface area contributed by atoms with Gasteiger partial charge in [0.1, 0.15) is 0 Å². The van der Waals surface area contributed by atoms with E-state index in [1.807, 2.05) is 0 Å². The van der Waals surface area contributed by atoms with Crippen molar-refractivity contribution in [1.82, 2.24) is 20.4 Å². The Morgan fingerprint density at radius 3 is 2.56 bits per heavy atom. The van der Waals surface area contributed by atoms with Gasteiger partial charge in [-0.25, -0.2) is 4.79 Å². The Bertz CT molecular complexity index is 738. The fourth-order valence-corrected chi connectivity index (χ4v) is 4.51. The highest BCUT2D eigenvalue weighted by Crippen LogP contribution is 2.25. The fraction of sp³-hybridized carbons (Fsp3) is 0.526. The zero-order chi connectivity index (χ0) is 18.5. The van der Waals surface area contributed by atoms with E-state index in [2.05, 4.69) is 61.0 Å². The normalized spacial score (nSPS) is 18.6. The Labute approximate surface area is 163 Å². The van der Waals surface area contributed by atoms with Gasteiger partial charge in [-0.1, -0.05) is 54.5 Å². The first-order valence-electron chi connectivity index (χ1n) is 9.68. The standard InChI is InChI=1S/C19H26N6OS/c26-17(20-16-8-4-5-9-16)21-18-22-23-19(27-18)25-12-10-24(11-13-25)14-15-6-2-1-3-7-15/h1-3,6-7,16H,4-5,8-14H2,(H2,20,21,22,26). The minimum absolute atomic E-state index is 0.169. The van der Waals surface area contributed by atoms with E-state index in [0.29, 0.717) is 11.2 Å². The molecule has 1 saturated carbocycles. The molecule has 0 unspecified atom stereocenters. The highest BCUT2D eigenvalue weighted by atomic mass is 32.1. The van der Waals surface area contributed by atoms with Gasteiger partial charge in [0.2, 0.25) is 10.3 Å². The van der Waals surface area contributed by atoms with Crippen LogP contribution in [0.4, 0.5) is 15.1 Å². The first-order valence-corrected chi connectivity index (χ1v) is 10.5. The maximum absolute atomic E-state index is 12.1. The Hall–Kier alpha value is -2.19. The summed E-state index contributed by atoms with van der Waals surface area (Å²) >= 11 is 1.44. The number of benzene rings is 1. The number of nitrogens with one attached hydrogen (secondary N) is 2. The fourth-order valence-electron chi connectivity index (χ4n) is 3.72. The molecule has 1 aromatic heterocycles. The van der Waals surface area contributed by atoms with Crippen LogP contribution >= 0.6 is 11.3 Å². The van der Waals surface area contributed by atoms with Crippen molar-refractivity contribution in [2.24, 2.45) is 0 Å². The van der Waals surface area contributed by atoms with Gasteiger partial charge in [0, 0.05) is 38.8 Å². The number of piperazine rings is 1. The van der Waals surface area contributed by atoms with Gasteiger partial charge in [-0.05, 0) is 18.4 Å². The molecule has 2 N–H and O–H groups in total. The number of carbonyl (C=O) groups is 1. The number of aromatic nitrogens is 2. The molecule has 1 aromatic carbocycles. The Morgan fingerprint density at radius 2 is 1.81 bits per heavy atom. The molecule has 2 aliphatic rings. The molecular formula is C19H26N6OS. The molecule has 8 heteroatoms. The van der Waals surface area contributed by atoms with Crippen molar-refractivity contribution in [2.75, 3.05) is 36.4 Å². The van der Waals surface area contributed by atoms with Gasteiger partial charge in [-0.2, -0.15) is 0 Å². The van der Waals surface area contributed by atoms with Crippen LogP contribution in [-0.4, -0.2) is 53.3 Å². The number of urea groups is 1. The summed E-state index contributed by atoms with van der Waals surface area (Å²) in [7, 11) is 0. The lowest BCUT2D eigenvalue weighted by molar-refractivity contribution is 0.248. The topological polar surface area (TPSA) is 73.4 Å². The van der Waals surface area contributed by atoms with Crippen molar-refractivity contribution < 1.29 is 4.79 Å². The summed E-state index contributed by atoms with van der Waals surface area (Å²) in [6, 6.07) is 10.7. The molecule has 0 bridgehead atoms. The summed E-state index contributed by atoms with van der Waals surface area (Å²) in [6.45, 7) is 4.84. The molecule has 2 aromatic rings. The van der Waals surface area contributed by atoms with Crippen molar-refractivity contribution >= 4 is 27.6 Å². The largest absolute Gasteiger partial charge is 0.344 e. The lowest BCUT2D eigenvalue weighted by Crippen LogP contribution is -2.45. The quantitative estimate of drug-likeness (QED) is 0.827. The summed E-state index contributed by atoms with van der Waals surface area (Å²) in [6.07, 6.45) is 4.54. The van der Waals surface area contributed by atoms with Crippen molar-refractivity contribution in [3.63, 3.8) is 0 Å². The van der Waals surface area contributed by atoms with Crippen LogP contribution in [0.3, 0.4) is 0 Å². The van der Waals surface area contributed by atoms with Crippen molar-refractivity contribution in [3.05, 3.63) is 35.9 Å². The Balaban J connectivity index is 1.25. The number of anilines is 2. The SMILES string of the molecule is O=C(Nc1nnc(N2CCN(Cc3ccccc3)CC2)s1)NC1CCCC1. The molecule has 0 spiro atoms. The number of rotatable bonds is 5. The minimum atomic E-state index is -0.169. The number of hydrogen-bond donors (Lipinski definition) is 2. The minimum Gasteiger partial charge on any atom is -0.344 e. The summed E-state index contributed by atoms with van der Waals surface area (Å²) in [4.78, 5) is 16.8. The Morgan fingerprint density at radius 1 is 1.07 bits per heavy atom. The van der Waals surface area contributed by atoms with Crippen molar-refractivity contribution in [2.45, 2.75) is 38.3 Å². The third-order valence-corrected chi connectivity index (χ3v) is 6.12. The monoisotopic (exact) mass is 386 g/mol. The number of carbonyl (C=O) groups excluding carboxylic acids is 1. The molecule has 0 atom stereocenters. The average molecular weight is 387 g/mol. The van der Waals surface area contributed by atoms with Crippen LogP contribution < -0.4 is 15.5 Å². The van der Waals surface area contributed by atoms with E-state index in [1.165, 1.54) is 29.7 Å². The molecule has 4 rings (SSSR count). The average Bonchev–Trinajstić information content (AvgIpc) is 3.35. The van der Waals surface area contributed by atoms with Gasteiger partial charge < -0.3 is 10.2 Å². The lowest BCUT2D eigenvalue weighted by atomic mass is 10.2. The maximum atomic E-state index is 12.1. The molecule has 2 fully saturated rings. The van der Waals surface area contributed by atoms with Crippen LogP contribution in [0.25, 0.3) is 0 Å². The first kappa shape index (κ1) is 18.2. The number of amides is 2. The summed E-state index contributed by atoms with van der Waals surface area (Å²) in [5.74, 6) is 0. The first-order chi connectivity index (χ1) is 13.3. The third kappa shape index (κ3) is 4.95. The molecule has 1 saturated heterocycles. The van der Waals surface area contributed by atoms with Crippen LogP contribution in [0.1, 0.15) is 31.2 Å². The van der Waals surface area contributed by atoms with Crippen molar-refractivity contribution in [3.8, 4) is 0 Å². The van der Waals surface area contributed by atoms with E-state index >= 15 is 0 Å². The predicted octanol–water partition coefficient (Wildman–Crippen LogP) is 2.92. The van der Waals surface area contributed by atoms with Gasteiger partial charge in [0.25, 0.3) is 0 Å². The Kier molecular flexibility index (Phi) is 5.84. The van der Waals surface area contributed by atoms with E-state index < -0.39 is 0 Å². The summed E-state index contributed by atoms with van der Waals surface area (Å²) in [5, 5.41) is 15.7. The lowest BCUT2D eigenvalue weighted by Gasteiger charge is -2.34. The second-order valence-corrected chi connectivity index (χ2v) is 8.17. The summed E-state index contributed by atoms with van der Waals surface area (Å²) < 4.78 is 0. The van der Waals surface area contributed by atoms with Gasteiger partial charge in [0.15, 0.2) is 0 Å². The van der Waals surface area contributed by atoms with Gasteiger partial charge in [-0.3, -0.25) is 10.2 Å². The molecular weight excluding hydrogens is 360 g/mol. The smallest absolute Gasteiger partial charge is 0.321 e. The highest BCUT2D eigenvalue weighted by Gasteiger charge is 2.21. The van der Waals surface area contributed by atoms with E-state index in [0.717, 1.165) is 50.7 Å². The molecule has 2 amide bonds. The van der Waals surface area contributed by atoms with Gasteiger partial charge in [0.05, 0.1) is 0 Å². The van der Waals surface area contributed by atoms with E-state index in [1.54, 1.807) is 0 Å². The second kappa shape index (κ2) is 8.67. The van der Waals surface area contributed by atoms with Gasteiger partial charge >= 0.3 is 6.03 Å². The molecule has 144 valence electrons. The predicted molar refractivity (Wildman–Crippen MR) is 108 cm³/mol. The van der Waals surface area contributed by atoms with E-state index in [9.17, 15) is 4.79 Å². The zero-order valence-corrected chi connectivity index (χ0v) is 16.2. The van der Waals surface area contributed by atoms with Crippen molar-refractivity contribution in [1.29, 1.82) is 0 Å². The molecule has 2 heterocycles. The molecule has 1 aliphatic heterocycles. The van der Waals surface area contributed by atoms with Crippen LogP contribution in [0.2, 0.25) is 0 Å². The molecule has 27 heavy (non-hydrogen) atoms. The number of nitrogens with zero attached hydrogens (tertiary/aromatic N) is 4. The second-order valence-electron chi connectivity index (χ2n) is 7.22. The highest BCUT2D eigenvalue weighted by molar-refractivity contribution is 7.19. The van der Waals surface area contributed by atoms with E-state index in [4.69, 9.17) is 0 Å². The third-order valence-electron chi connectivity index (χ3n) is 5.22. The van der Waals surface area contributed by atoms with Crippen LogP contribution in [0.15, 0.2) is 30.3 Å². The maximum Gasteiger partial charge on any atom is 0.321 e. The summed E-state index contributed by atoms with van der Waals surface area (Å²) in [5.41, 5.74) is 1.35. The van der Waals surface area contributed by atoms with Crippen LogP contribution in [0, 0.1) is 0 Å². The zero-order valence-electron chi connectivity index (χ0n) is 15.4.